The van der Waals surface area contributed by atoms with Crippen molar-refractivity contribution in [3.63, 3.8) is 0 Å². The average Bonchev–Trinajstić information content (AvgIpc) is 3.55. The molecule has 3 aliphatic rings. The number of fused-ring (bicyclic) bond motifs is 2. The summed E-state index contributed by atoms with van der Waals surface area (Å²) in [6, 6.07) is 12.0. The van der Waals surface area contributed by atoms with Crippen molar-refractivity contribution in [2.75, 3.05) is 26.4 Å². The fourth-order valence-corrected chi connectivity index (χ4v) is 9.49. The zero-order valence-corrected chi connectivity index (χ0v) is 35.1. The van der Waals surface area contributed by atoms with E-state index in [0.717, 1.165) is 111 Å². The van der Waals surface area contributed by atoms with Crippen LogP contribution in [0.3, 0.4) is 0 Å². The third-order valence-corrected chi connectivity index (χ3v) is 13.6. The number of ether oxygens (including phenoxy) is 2. The second-order valence-electron chi connectivity index (χ2n) is 17.3. The molecule has 8 rings (SSSR count). The summed E-state index contributed by atoms with van der Waals surface area (Å²) in [4.78, 5) is 9.94. The number of hydrogen-bond donors (Lipinski definition) is 0. The summed E-state index contributed by atoms with van der Waals surface area (Å²) >= 11 is 0. The lowest BCUT2D eigenvalue weighted by molar-refractivity contribution is 0.0610. The summed E-state index contributed by atoms with van der Waals surface area (Å²) in [5.41, 5.74) is 3.90. The van der Waals surface area contributed by atoms with Crippen molar-refractivity contribution < 1.29 is 26.3 Å². The normalized spacial score (nSPS) is 18.2. The Morgan fingerprint density at radius 2 is 1.13 bits per heavy atom. The van der Waals surface area contributed by atoms with E-state index in [1.807, 2.05) is 18.2 Å². The quantitative estimate of drug-likeness (QED) is 0.144. The molecule has 1 aliphatic carbocycles. The van der Waals surface area contributed by atoms with E-state index in [-0.39, 0.29) is 20.6 Å². The fourth-order valence-electron chi connectivity index (χ4n) is 7.58. The zero-order valence-electron chi connectivity index (χ0n) is 32.7. The predicted octanol–water partition coefficient (Wildman–Crippen LogP) is 7.76. The van der Waals surface area contributed by atoms with Crippen molar-refractivity contribution in [1.29, 1.82) is 0 Å². The molecule has 0 atom stereocenters. The highest BCUT2D eigenvalue weighted by atomic mass is 35.7. The van der Waals surface area contributed by atoms with Gasteiger partial charge in [0.25, 0.3) is 19.1 Å². The molecule has 5 heterocycles. The van der Waals surface area contributed by atoms with E-state index in [4.69, 9.17) is 30.1 Å². The van der Waals surface area contributed by atoms with Gasteiger partial charge in [0.05, 0.1) is 37.6 Å². The maximum absolute atomic E-state index is 13.2. The Balaban J connectivity index is 0.000000175. The number of halogens is 1. The van der Waals surface area contributed by atoms with Gasteiger partial charge in [-0.05, 0) is 92.8 Å². The summed E-state index contributed by atoms with van der Waals surface area (Å²) in [5.74, 6) is 3.45. The lowest BCUT2D eigenvalue weighted by Crippen LogP contribution is -2.25. The number of hydrogen-bond acceptors (Lipinski definition) is 9. The molecule has 0 bridgehead atoms. The first-order valence-electron chi connectivity index (χ1n) is 19.3. The van der Waals surface area contributed by atoms with Crippen LogP contribution in [0.5, 0.6) is 0 Å². The van der Waals surface area contributed by atoms with Crippen LogP contribution in [-0.2, 0) is 52.5 Å². The number of aromatic nitrogens is 6. The van der Waals surface area contributed by atoms with Crippen LogP contribution in [0.2, 0.25) is 0 Å². The van der Waals surface area contributed by atoms with Gasteiger partial charge in [-0.1, -0.05) is 41.5 Å². The zero-order chi connectivity index (χ0) is 39.3. The van der Waals surface area contributed by atoms with Crippen LogP contribution in [0.1, 0.15) is 103 Å². The van der Waals surface area contributed by atoms with Gasteiger partial charge in [-0.15, -0.1) is 0 Å². The van der Waals surface area contributed by atoms with E-state index < -0.39 is 19.1 Å². The smallest absolute Gasteiger partial charge is 0.283 e. The van der Waals surface area contributed by atoms with Crippen molar-refractivity contribution in [1.82, 2.24) is 28.3 Å². The van der Waals surface area contributed by atoms with Crippen molar-refractivity contribution in [3.8, 4) is 0 Å². The Morgan fingerprint density at radius 1 is 0.673 bits per heavy atom. The molecule has 3 aromatic heterocycles. The molecule has 3 fully saturated rings. The Labute approximate surface area is 329 Å². The molecule has 2 aromatic carbocycles. The van der Waals surface area contributed by atoms with Gasteiger partial charge in [-0.25, -0.2) is 18.4 Å². The van der Waals surface area contributed by atoms with E-state index in [2.05, 4.69) is 55.8 Å². The van der Waals surface area contributed by atoms with Crippen molar-refractivity contribution in [2.45, 2.75) is 120 Å². The standard InChI is InChI=1S/C23H30N4O3S.C17H23ClN2O3S/c1-23(2,3)22-24-20-14-18(31(28,29)27-11-8-19(25-27)17-4-5-17)6-7-21(20)26(22)15-16-9-12-30-13-10-16;1-17(2,3)16-19-14-10-13(24(18,21)22)4-5-15(14)20(16)11-12-6-8-23-9-7-12/h6-8,11,14,16-17H,4-5,9-10,12-13,15H2,1-3H3;4-5,10,12H,6-9,11H2,1-3H3. The number of nitrogens with zero attached hydrogens (tertiary/aromatic N) is 6. The summed E-state index contributed by atoms with van der Waals surface area (Å²) in [6.45, 7) is 17.8. The van der Waals surface area contributed by atoms with Crippen LogP contribution in [0.15, 0.2) is 58.5 Å². The second-order valence-corrected chi connectivity index (χ2v) is 21.7. The summed E-state index contributed by atoms with van der Waals surface area (Å²) in [5, 5.41) is 4.33. The molecule has 2 saturated heterocycles. The van der Waals surface area contributed by atoms with Gasteiger partial charge < -0.3 is 18.6 Å². The third kappa shape index (κ3) is 8.83. The van der Waals surface area contributed by atoms with Crippen molar-refractivity contribution in [2.24, 2.45) is 11.8 Å². The highest BCUT2D eigenvalue weighted by molar-refractivity contribution is 8.13. The van der Waals surface area contributed by atoms with Crippen molar-refractivity contribution >= 4 is 51.8 Å². The lowest BCUT2D eigenvalue weighted by atomic mass is 9.94. The third-order valence-electron chi connectivity index (χ3n) is 10.8. The molecule has 298 valence electrons. The first kappa shape index (κ1) is 39.9. The molecule has 0 amide bonds. The monoisotopic (exact) mass is 812 g/mol. The Kier molecular flexibility index (Phi) is 11.0. The van der Waals surface area contributed by atoms with Gasteiger partial charge in [0.1, 0.15) is 11.6 Å². The molecular formula is C40H53ClN6O6S2. The minimum atomic E-state index is -3.75. The minimum Gasteiger partial charge on any atom is -0.381 e. The van der Waals surface area contributed by atoms with Crippen LogP contribution < -0.4 is 0 Å². The molecule has 55 heavy (non-hydrogen) atoms. The maximum atomic E-state index is 13.2. The number of benzene rings is 2. The molecule has 12 nitrogen and oxygen atoms in total. The Hall–Kier alpha value is -3.30. The topological polar surface area (TPSA) is 140 Å². The van der Waals surface area contributed by atoms with Gasteiger partial charge in [0.15, 0.2) is 0 Å². The fraction of sp³-hybridized carbons (Fsp3) is 0.575. The molecular weight excluding hydrogens is 760 g/mol. The Morgan fingerprint density at radius 3 is 1.56 bits per heavy atom. The summed E-state index contributed by atoms with van der Waals surface area (Å²) in [6.07, 6.45) is 7.88. The van der Waals surface area contributed by atoms with Gasteiger partial charge in [0, 0.05) is 73.1 Å². The van der Waals surface area contributed by atoms with Crippen LogP contribution in [0.4, 0.5) is 0 Å². The highest BCUT2D eigenvalue weighted by Gasteiger charge is 2.30. The first-order chi connectivity index (χ1) is 25.9. The molecule has 15 heteroatoms. The lowest BCUT2D eigenvalue weighted by Gasteiger charge is -2.26. The first-order valence-corrected chi connectivity index (χ1v) is 23.1. The molecule has 1 saturated carbocycles. The molecule has 0 radical (unpaired) electrons. The van der Waals surface area contributed by atoms with E-state index in [0.29, 0.717) is 28.8 Å². The SMILES string of the molecule is CC(C)(C)c1nc2cc(S(=O)(=O)Cl)ccc2n1CC1CCOCC1.CC(C)(C)c1nc2cc(S(=O)(=O)n3ccc(C4CC4)n3)ccc2n1CC1CCOCC1. The van der Waals surface area contributed by atoms with Gasteiger partial charge >= 0.3 is 0 Å². The van der Waals surface area contributed by atoms with Crippen LogP contribution in [-0.4, -0.2) is 71.6 Å². The van der Waals surface area contributed by atoms with Crippen LogP contribution in [0, 0.1) is 11.8 Å². The van der Waals surface area contributed by atoms with Gasteiger partial charge in [-0.3, -0.25) is 0 Å². The maximum Gasteiger partial charge on any atom is 0.283 e. The minimum absolute atomic E-state index is 0.0906. The number of rotatable bonds is 8. The largest absolute Gasteiger partial charge is 0.381 e. The molecule has 5 aromatic rings. The Bertz CT molecular complexity index is 2390. The molecule has 0 unspecified atom stereocenters. The molecule has 0 N–H and O–H groups in total. The molecule has 2 aliphatic heterocycles. The highest BCUT2D eigenvalue weighted by Crippen LogP contribution is 2.39. The number of imidazole rings is 2. The average molecular weight is 813 g/mol. The van der Waals surface area contributed by atoms with E-state index in [1.165, 1.54) is 0 Å². The van der Waals surface area contributed by atoms with E-state index in [1.54, 1.807) is 30.5 Å². The van der Waals surface area contributed by atoms with Gasteiger partial charge in [-0.2, -0.15) is 17.6 Å². The second kappa shape index (κ2) is 15.2. The van der Waals surface area contributed by atoms with Crippen LogP contribution in [0.25, 0.3) is 22.1 Å². The van der Waals surface area contributed by atoms with E-state index >= 15 is 0 Å². The summed E-state index contributed by atoms with van der Waals surface area (Å²) < 4.78 is 66.2. The van der Waals surface area contributed by atoms with Crippen molar-refractivity contribution in [3.05, 3.63) is 66.0 Å². The van der Waals surface area contributed by atoms with Gasteiger partial charge in [0.2, 0.25) is 0 Å². The molecule has 0 spiro atoms. The van der Waals surface area contributed by atoms with E-state index in [9.17, 15) is 16.8 Å². The summed E-state index contributed by atoms with van der Waals surface area (Å²) in [7, 11) is -2.02. The van der Waals surface area contributed by atoms with Crippen LogP contribution >= 0.6 is 10.7 Å². The predicted molar refractivity (Wildman–Crippen MR) is 214 cm³/mol.